The molecule has 0 spiro atoms. The molecular weight excluding hydrogens is 222 g/mol. The van der Waals surface area contributed by atoms with Crippen LogP contribution in [0.15, 0.2) is 0 Å². The Morgan fingerprint density at radius 2 is 1.76 bits per heavy atom. The Morgan fingerprint density at radius 1 is 1.24 bits per heavy atom. The van der Waals surface area contributed by atoms with Gasteiger partial charge in [-0.2, -0.15) is 0 Å². The van der Waals surface area contributed by atoms with Gasteiger partial charge < -0.3 is 15.2 Å². The van der Waals surface area contributed by atoms with Crippen molar-refractivity contribution in [2.24, 2.45) is 10.8 Å². The number of rotatable bonds is 9. The van der Waals surface area contributed by atoms with Crippen LogP contribution in [-0.2, 0) is 14.3 Å². The zero-order valence-electron chi connectivity index (χ0n) is 11.1. The largest absolute Gasteiger partial charge is 0.481 e. The summed E-state index contributed by atoms with van der Waals surface area (Å²) in [5.41, 5.74) is -0.528. The minimum absolute atomic E-state index is 0.0833. The maximum Gasteiger partial charge on any atom is 0.303 e. The van der Waals surface area contributed by atoms with Crippen LogP contribution >= 0.6 is 0 Å². The summed E-state index contributed by atoms with van der Waals surface area (Å²) in [7, 11) is 0. The Bertz CT molecular complexity index is 261. The molecule has 0 heterocycles. The van der Waals surface area contributed by atoms with E-state index < -0.39 is 5.97 Å². The Hall–Kier alpha value is -1.10. The molecule has 0 rings (SSSR count). The fourth-order valence-electron chi connectivity index (χ4n) is 1.43. The van der Waals surface area contributed by atoms with Gasteiger partial charge in [-0.25, -0.2) is 0 Å². The lowest BCUT2D eigenvalue weighted by molar-refractivity contribution is -0.140. The Kier molecular flexibility index (Phi) is 6.16. The van der Waals surface area contributed by atoms with Crippen molar-refractivity contribution >= 4 is 12.4 Å². The molecule has 0 atom stereocenters. The van der Waals surface area contributed by atoms with E-state index in [1.807, 2.05) is 27.7 Å². The van der Waals surface area contributed by atoms with Gasteiger partial charge >= 0.3 is 5.97 Å². The normalized spacial score (nSPS) is 12.2. The number of hydrogen-bond donors (Lipinski definition) is 2. The van der Waals surface area contributed by atoms with Crippen LogP contribution in [0.3, 0.4) is 0 Å². The van der Waals surface area contributed by atoms with Crippen molar-refractivity contribution in [1.29, 1.82) is 0 Å². The summed E-state index contributed by atoms with van der Waals surface area (Å²) in [5.74, 6) is -0.819. The quantitative estimate of drug-likeness (QED) is 0.600. The summed E-state index contributed by atoms with van der Waals surface area (Å²) in [5, 5.41) is 11.3. The van der Waals surface area contributed by atoms with Crippen molar-refractivity contribution in [2.45, 2.75) is 34.1 Å². The first-order valence-electron chi connectivity index (χ1n) is 5.65. The molecule has 0 aromatic carbocycles. The SMILES string of the molecule is CC(C)(CNC=O)COCC(C)(C)CC(=O)O. The molecule has 0 aromatic rings. The van der Waals surface area contributed by atoms with Crippen LogP contribution in [0.4, 0.5) is 0 Å². The van der Waals surface area contributed by atoms with E-state index in [9.17, 15) is 9.59 Å². The van der Waals surface area contributed by atoms with Crippen LogP contribution in [0.2, 0.25) is 0 Å². The van der Waals surface area contributed by atoms with Gasteiger partial charge in [-0.05, 0) is 5.41 Å². The lowest BCUT2D eigenvalue weighted by atomic mass is 9.90. The topological polar surface area (TPSA) is 75.6 Å². The third-order valence-electron chi connectivity index (χ3n) is 2.28. The van der Waals surface area contributed by atoms with Gasteiger partial charge in [0.1, 0.15) is 0 Å². The van der Waals surface area contributed by atoms with E-state index in [4.69, 9.17) is 9.84 Å². The zero-order chi connectivity index (χ0) is 13.5. The van der Waals surface area contributed by atoms with Crippen LogP contribution in [0.1, 0.15) is 34.1 Å². The molecule has 0 aromatic heterocycles. The molecular formula is C12H23NO4. The van der Waals surface area contributed by atoms with Crippen molar-refractivity contribution in [3.8, 4) is 0 Å². The van der Waals surface area contributed by atoms with Gasteiger partial charge in [0.2, 0.25) is 6.41 Å². The Labute approximate surface area is 103 Å². The molecule has 100 valence electrons. The van der Waals surface area contributed by atoms with Gasteiger partial charge in [-0.15, -0.1) is 0 Å². The van der Waals surface area contributed by atoms with Gasteiger partial charge in [0.15, 0.2) is 0 Å². The van der Waals surface area contributed by atoms with Crippen LogP contribution in [-0.4, -0.2) is 37.2 Å². The first-order valence-corrected chi connectivity index (χ1v) is 5.65. The van der Waals surface area contributed by atoms with Gasteiger partial charge in [0, 0.05) is 12.0 Å². The average Bonchev–Trinajstić information content (AvgIpc) is 2.11. The van der Waals surface area contributed by atoms with Crippen LogP contribution in [0.25, 0.3) is 0 Å². The Balaban J connectivity index is 3.96. The second kappa shape index (κ2) is 6.59. The lowest BCUT2D eigenvalue weighted by Crippen LogP contribution is -2.34. The van der Waals surface area contributed by atoms with Crippen molar-refractivity contribution in [3.05, 3.63) is 0 Å². The number of hydrogen-bond acceptors (Lipinski definition) is 3. The average molecular weight is 245 g/mol. The third-order valence-corrected chi connectivity index (χ3v) is 2.28. The summed E-state index contributed by atoms with van der Waals surface area (Å²) in [6.45, 7) is 9.09. The van der Waals surface area contributed by atoms with Crippen LogP contribution in [0.5, 0.6) is 0 Å². The van der Waals surface area contributed by atoms with E-state index in [1.165, 1.54) is 0 Å². The van der Waals surface area contributed by atoms with E-state index >= 15 is 0 Å². The van der Waals surface area contributed by atoms with Crippen molar-refractivity contribution in [3.63, 3.8) is 0 Å². The number of amides is 1. The first-order chi connectivity index (χ1) is 7.68. The maximum absolute atomic E-state index is 10.6. The summed E-state index contributed by atoms with van der Waals surface area (Å²) in [6.07, 6.45) is 0.746. The summed E-state index contributed by atoms with van der Waals surface area (Å²) in [4.78, 5) is 20.8. The van der Waals surface area contributed by atoms with Gasteiger partial charge in [0.25, 0.3) is 0 Å². The second-order valence-electron chi connectivity index (χ2n) is 5.89. The van der Waals surface area contributed by atoms with E-state index in [-0.39, 0.29) is 17.3 Å². The van der Waals surface area contributed by atoms with Gasteiger partial charge in [-0.1, -0.05) is 27.7 Å². The van der Waals surface area contributed by atoms with E-state index in [0.717, 1.165) is 0 Å². The summed E-state index contributed by atoms with van der Waals surface area (Å²) < 4.78 is 5.54. The number of carboxylic acid groups (broad SMARTS) is 1. The fraction of sp³-hybridized carbons (Fsp3) is 0.833. The van der Waals surface area contributed by atoms with Crippen molar-refractivity contribution in [1.82, 2.24) is 5.32 Å². The molecule has 1 amide bonds. The van der Waals surface area contributed by atoms with Crippen LogP contribution in [0, 0.1) is 10.8 Å². The molecule has 5 nitrogen and oxygen atoms in total. The summed E-state index contributed by atoms with van der Waals surface area (Å²) in [6, 6.07) is 0. The number of ether oxygens (including phenoxy) is 1. The molecule has 17 heavy (non-hydrogen) atoms. The monoisotopic (exact) mass is 245 g/mol. The highest BCUT2D eigenvalue weighted by molar-refractivity contribution is 5.67. The zero-order valence-corrected chi connectivity index (χ0v) is 11.1. The third kappa shape index (κ3) is 8.68. The molecule has 0 bridgehead atoms. The number of nitrogens with one attached hydrogen (secondary N) is 1. The maximum atomic E-state index is 10.6. The molecule has 0 fully saturated rings. The molecule has 0 saturated carbocycles. The minimum Gasteiger partial charge on any atom is -0.481 e. The first kappa shape index (κ1) is 15.9. The summed E-state index contributed by atoms with van der Waals surface area (Å²) >= 11 is 0. The minimum atomic E-state index is -0.819. The number of carbonyl (C=O) groups is 2. The van der Waals surface area contributed by atoms with E-state index in [2.05, 4.69) is 5.32 Å². The molecule has 0 aliphatic carbocycles. The number of carbonyl (C=O) groups excluding carboxylic acids is 1. The highest BCUT2D eigenvalue weighted by Gasteiger charge is 2.24. The van der Waals surface area contributed by atoms with Crippen LogP contribution < -0.4 is 5.32 Å². The number of aliphatic carboxylic acids is 1. The molecule has 2 N–H and O–H groups in total. The highest BCUT2D eigenvalue weighted by atomic mass is 16.5. The molecule has 5 heteroatoms. The van der Waals surface area contributed by atoms with E-state index in [1.54, 1.807) is 0 Å². The standard InChI is InChI=1S/C12H23NO4/c1-11(2,5-10(15)16)7-17-8-12(3,4)6-13-9-14/h9H,5-8H2,1-4H3,(H,13,14)(H,15,16). The second-order valence-corrected chi connectivity index (χ2v) is 5.89. The molecule has 0 aliphatic heterocycles. The number of carboxylic acids is 1. The Morgan fingerprint density at radius 3 is 2.24 bits per heavy atom. The van der Waals surface area contributed by atoms with E-state index in [0.29, 0.717) is 26.2 Å². The fourth-order valence-corrected chi connectivity index (χ4v) is 1.43. The predicted octanol–water partition coefficient (Wildman–Crippen LogP) is 1.28. The predicted molar refractivity (Wildman–Crippen MR) is 64.7 cm³/mol. The molecule has 0 saturated heterocycles. The van der Waals surface area contributed by atoms with Gasteiger partial charge in [0.05, 0.1) is 19.6 Å². The highest BCUT2D eigenvalue weighted by Crippen LogP contribution is 2.22. The molecule has 0 unspecified atom stereocenters. The van der Waals surface area contributed by atoms with Gasteiger partial charge in [-0.3, -0.25) is 9.59 Å². The lowest BCUT2D eigenvalue weighted by Gasteiger charge is -2.27. The van der Waals surface area contributed by atoms with Crippen molar-refractivity contribution < 1.29 is 19.4 Å². The molecule has 0 aliphatic rings. The smallest absolute Gasteiger partial charge is 0.303 e. The van der Waals surface area contributed by atoms with Crippen molar-refractivity contribution in [2.75, 3.05) is 19.8 Å². The molecule has 0 radical (unpaired) electrons.